The second-order valence-electron chi connectivity index (χ2n) is 4.07. The Morgan fingerprint density at radius 3 is 2.47 bits per heavy atom. The molecule has 1 atom stereocenters. The zero-order valence-electron chi connectivity index (χ0n) is 10.2. The van der Waals surface area contributed by atoms with Crippen LogP contribution in [0.4, 0.5) is 0 Å². The molecular weight excluding hydrogens is 393 g/mol. The lowest BCUT2D eigenvalue weighted by Gasteiger charge is -2.16. The molecule has 0 aromatic heterocycles. The van der Waals surface area contributed by atoms with Gasteiger partial charge in [-0.3, -0.25) is 0 Å². The van der Waals surface area contributed by atoms with E-state index in [1.807, 2.05) is 36.4 Å². The molecule has 2 rings (SSSR count). The second-order valence-corrected chi connectivity index (χ2v) is 6.27. The van der Waals surface area contributed by atoms with Crippen LogP contribution >= 0.6 is 43.5 Å². The fourth-order valence-electron chi connectivity index (χ4n) is 1.82. The SMILES string of the molecule is COc1ccc(C(N)c2cc(Cl)cc(Br)c2)c(Br)c1. The van der Waals surface area contributed by atoms with Crippen molar-refractivity contribution in [1.82, 2.24) is 0 Å². The molecule has 5 heteroatoms. The molecule has 2 nitrogen and oxygen atoms in total. The Hall–Kier alpha value is -0.550. The summed E-state index contributed by atoms with van der Waals surface area (Å²) in [6.45, 7) is 0. The molecule has 0 saturated carbocycles. The largest absolute Gasteiger partial charge is 0.497 e. The molecule has 0 saturated heterocycles. The van der Waals surface area contributed by atoms with Gasteiger partial charge in [0.2, 0.25) is 0 Å². The maximum Gasteiger partial charge on any atom is 0.120 e. The van der Waals surface area contributed by atoms with E-state index < -0.39 is 0 Å². The molecule has 0 fully saturated rings. The van der Waals surface area contributed by atoms with Gasteiger partial charge >= 0.3 is 0 Å². The number of ether oxygens (including phenoxy) is 1. The highest BCUT2D eigenvalue weighted by Crippen LogP contribution is 2.32. The molecule has 19 heavy (non-hydrogen) atoms. The molecule has 0 aliphatic heterocycles. The summed E-state index contributed by atoms with van der Waals surface area (Å²) in [5, 5.41) is 0.657. The van der Waals surface area contributed by atoms with E-state index in [0.29, 0.717) is 5.02 Å². The zero-order valence-corrected chi connectivity index (χ0v) is 14.1. The zero-order chi connectivity index (χ0) is 14.0. The average Bonchev–Trinajstić information content (AvgIpc) is 2.36. The van der Waals surface area contributed by atoms with Crippen molar-refractivity contribution in [2.24, 2.45) is 5.73 Å². The van der Waals surface area contributed by atoms with Gasteiger partial charge in [0.05, 0.1) is 13.2 Å². The molecule has 0 aliphatic rings. The molecular formula is C14H12Br2ClNO. The van der Waals surface area contributed by atoms with E-state index in [9.17, 15) is 0 Å². The summed E-state index contributed by atoms with van der Waals surface area (Å²) >= 11 is 13.0. The van der Waals surface area contributed by atoms with Crippen LogP contribution in [0.25, 0.3) is 0 Å². The van der Waals surface area contributed by atoms with Gasteiger partial charge in [-0.05, 0) is 41.5 Å². The Balaban J connectivity index is 2.40. The van der Waals surface area contributed by atoms with Crippen molar-refractivity contribution < 1.29 is 4.74 Å². The number of methoxy groups -OCH3 is 1. The van der Waals surface area contributed by atoms with E-state index in [1.165, 1.54) is 0 Å². The van der Waals surface area contributed by atoms with Crippen LogP contribution in [0.5, 0.6) is 5.75 Å². The summed E-state index contributed by atoms with van der Waals surface area (Å²) in [7, 11) is 1.63. The first-order valence-corrected chi connectivity index (χ1v) is 7.52. The van der Waals surface area contributed by atoms with Crippen LogP contribution in [0.2, 0.25) is 5.02 Å². The normalized spacial score (nSPS) is 12.3. The lowest BCUT2D eigenvalue weighted by Crippen LogP contribution is -2.12. The first-order chi connectivity index (χ1) is 9.01. The predicted molar refractivity (Wildman–Crippen MR) is 85.9 cm³/mol. The van der Waals surface area contributed by atoms with Crippen LogP contribution < -0.4 is 10.5 Å². The highest BCUT2D eigenvalue weighted by Gasteiger charge is 2.14. The first kappa shape index (κ1) is 14.9. The van der Waals surface area contributed by atoms with Crippen molar-refractivity contribution in [3.8, 4) is 5.75 Å². The number of rotatable bonds is 3. The molecule has 0 aliphatic carbocycles. The molecule has 1 unspecified atom stereocenters. The van der Waals surface area contributed by atoms with E-state index in [1.54, 1.807) is 7.11 Å². The lowest BCUT2D eigenvalue weighted by atomic mass is 10.00. The van der Waals surface area contributed by atoms with Crippen LogP contribution in [0.3, 0.4) is 0 Å². The van der Waals surface area contributed by atoms with Crippen LogP contribution in [-0.2, 0) is 0 Å². The van der Waals surface area contributed by atoms with Gasteiger partial charge < -0.3 is 10.5 Å². The average molecular weight is 406 g/mol. The fourth-order valence-corrected chi connectivity index (χ4v) is 3.31. The third kappa shape index (κ3) is 3.51. The topological polar surface area (TPSA) is 35.2 Å². The van der Waals surface area contributed by atoms with Crippen LogP contribution in [0.1, 0.15) is 17.2 Å². The van der Waals surface area contributed by atoms with Gasteiger partial charge in [-0.1, -0.05) is 49.5 Å². The van der Waals surface area contributed by atoms with Crippen LogP contribution in [0, 0.1) is 0 Å². The lowest BCUT2D eigenvalue weighted by molar-refractivity contribution is 0.414. The van der Waals surface area contributed by atoms with Crippen molar-refractivity contribution in [1.29, 1.82) is 0 Å². The van der Waals surface area contributed by atoms with Gasteiger partial charge in [0.15, 0.2) is 0 Å². The minimum absolute atomic E-state index is 0.254. The van der Waals surface area contributed by atoms with Crippen LogP contribution in [0.15, 0.2) is 45.3 Å². The van der Waals surface area contributed by atoms with Crippen molar-refractivity contribution >= 4 is 43.5 Å². The molecule has 2 aromatic rings. The summed E-state index contributed by atoms with van der Waals surface area (Å²) in [5.74, 6) is 0.787. The van der Waals surface area contributed by atoms with Crippen molar-refractivity contribution in [3.63, 3.8) is 0 Å². The standard InChI is InChI=1S/C14H12Br2ClNO/c1-19-11-2-3-12(13(16)7-11)14(18)8-4-9(15)6-10(17)5-8/h2-7,14H,18H2,1H3. The number of hydrogen-bond acceptors (Lipinski definition) is 2. The maximum absolute atomic E-state index is 6.30. The molecule has 100 valence electrons. The summed E-state index contributed by atoms with van der Waals surface area (Å²) < 4.78 is 7.00. The third-order valence-corrected chi connectivity index (χ3v) is 4.15. The van der Waals surface area contributed by atoms with Gasteiger partial charge in [-0.15, -0.1) is 0 Å². The summed E-state index contributed by atoms with van der Waals surface area (Å²) in [4.78, 5) is 0. The Kier molecular flexibility index (Phi) is 4.90. The van der Waals surface area contributed by atoms with Gasteiger partial charge in [0.1, 0.15) is 5.75 Å². The van der Waals surface area contributed by atoms with Crippen LogP contribution in [-0.4, -0.2) is 7.11 Å². The molecule has 0 spiro atoms. The molecule has 0 bridgehead atoms. The Labute approximate surface area is 134 Å². The van der Waals surface area contributed by atoms with Crippen molar-refractivity contribution in [2.45, 2.75) is 6.04 Å². The molecule has 0 radical (unpaired) electrons. The van der Waals surface area contributed by atoms with E-state index in [-0.39, 0.29) is 6.04 Å². The Morgan fingerprint density at radius 2 is 1.89 bits per heavy atom. The van der Waals surface area contributed by atoms with Gasteiger partial charge in [0, 0.05) is 14.0 Å². The fraction of sp³-hybridized carbons (Fsp3) is 0.143. The molecule has 0 amide bonds. The van der Waals surface area contributed by atoms with E-state index in [2.05, 4.69) is 31.9 Å². The maximum atomic E-state index is 6.30. The molecule has 0 heterocycles. The number of halogens is 3. The molecule has 2 N–H and O–H groups in total. The van der Waals surface area contributed by atoms with E-state index >= 15 is 0 Å². The summed E-state index contributed by atoms with van der Waals surface area (Å²) in [6.07, 6.45) is 0. The Bertz CT molecular complexity index is 584. The minimum atomic E-state index is -0.254. The van der Waals surface area contributed by atoms with Gasteiger partial charge in [0.25, 0.3) is 0 Å². The summed E-state index contributed by atoms with van der Waals surface area (Å²) in [6, 6.07) is 11.1. The van der Waals surface area contributed by atoms with E-state index in [0.717, 1.165) is 25.8 Å². The second kappa shape index (κ2) is 6.27. The first-order valence-electron chi connectivity index (χ1n) is 5.56. The summed E-state index contributed by atoms with van der Waals surface area (Å²) in [5.41, 5.74) is 8.23. The number of benzene rings is 2. The highest BCUT2D eigenvalue weighted by atomic mass is 79.9. The van der Waals surface area contributed by atoms with Crippen molar-refractivity contribution in [3.05, 3.63) is 61.5 Å². The Morgan fingerprint density at radius 1 is 1.16 bits per heavy atom. The van der Waals surface area contributed by atoms with Gasteiger partial charge in [-0.2, -0.15) is 0 Å². The quantitative estimate of drug-likeness (QED) is 0.787. The minimum Gasteiger partial charge on any atom is -0.497 e. The molecule has 2 aromatic carbocycles. The monoisotopic (exact) mass is 403 g/mol. The van der Waals surface area contributed by atoms with Gasteiger partial charge in [-0.25, -0.2) is 0 Å². The van der Waals surface area contributed by atoms with E-state index in [4.69, 9.17) is 22.1 Å². The number of nitrogens with two attached hydrogens (primary N) is 1. The third-order valence-electron chi connectivity index (χ3n) is 2.79. The smallest absolute Gasteiger partial charge is 0.120 e. The highest BCUT2D eigenvalue weighted by molar-refractivity contribution is 9.10. The number of hydrogen-bond donors (Lipinski definition) is 1. The predicted octanol–water partition coefficient (Wildman–Crippen LogP) is 4.92. The van der Waals surface area contributed by atoms with Crippen molar-refractivity contribution in [2.75, 3.05) is 7.11 Å².